The zero-order valence-corrected chi connectivity index (χ0v) is 21.0. The van der Waals surface area contributed by atoms with Crippen LogP contribution in [0.5, 0.6) is 0 Å². The summed E-state index contributed by atoms with van der Waals surface area (Å²) in [5.74, 6) is 0.110. The highest BCUT2D eigenvalue weighted by Crippen LogP contribution is 2.32. The molecule has 2 aromatic rings. The smallest absolute Gasteiger partial charge is 0.251 e. The van der Waals surface area contributed by atoms with Gasteiger partial charge in [-0.3, -0.25) is 19.4 Å². The zero-order chi connectivity index (χ0) is 24.7. The molecule has 0 spiro atoms. The van der Waals surface area contributed by atoms with E-state index in [1.54, 1.807) is 7.05 Å². The highest BCUT2D eigenvalue weighted by molar-refractivity contribution is 5.94. The number of carbonyl (C=O) groups excluding carboxylic acids is 2. The number of nitrogens with one attached hydrogen (secondary N) is 1. The molecule has 2 aromatic carbocycles. The van der Waals surface area contributed by atoms with E-state index in [9.17, 15) is 9.59 Å². The summed E-state index contributed by atoms with van der Waals surface area (Å²) in [7, 11) is 1.65. The van der Waals surface area contributed by atoms with Gasteiger partial charge in [0.05, 0.1) is 0 Å². The lowest BCUT2D eigenvalue weighted by Gasteiger charge is -2.51. The van der Waals surface area contributed by atoms with E-state index in [2.05, 4.69) is 15.1 Å². The van der Waals surface area contributed by atoms with Crippen molar-refractivity contribution >= 4 is 17.5 Å². The van der Waals surface area contributed by atoms with Crippen LogP contribution in [0, 0.1) is 0 Å². The van der Waals surface area contributed by atoms with Crippen LogP contribution >= 0.6 is 0 Å². The predicted octanol–water partition coefficient (Wildman–Crippen LogP) is 3.16. The maximum absolute atomic E-state index is 13.0. The summed E-state index contributed by atoms with van der Waals surface area (Å²) < 4.78 is 5.76. The van der Waals surface area contributed by atoms with E-state index in [1.165, 1.54) is 5.56 Å². The Morgan fingerprint density at radius 2 is 1.63 bits per heavy atom. The lowest BCUT2D eigenvalue weighted by molar-refractivity contribution is -0.119. The fourth-order valence-electron chi connectivity index (χ4n) is 5.29. The number of hydrogen-bond acceptors (Lipinski definition) is 5. The molecule has 0 saturated carbocycles. The summed E-state index contributed by atoms with van der Waals surface area (Å²) in [5, 5.41) is 2.67. The van der Waals surface area contributed by atoms with E-state index in [0.717, 1.165) is 64.5 Å². The molecule has 1 N–H and O–H groups in total. The SMILES string of the molecule is CCC(=O)N(CC1(N2CCN(Cc3ccc(C(=O)NC)cc3)CC2)CCOCC1)c1ccccc1. The number of hydrogen-bond donors (Lipinski definition) is 1. The lowest BCUT2D eigenvalue weighted by atomic mass is 9.86. The van der Waals surface area contributed by atoms with Crippen molar-refractivity contribution < 1.29 is 14.3 Å². The first kappa shape index (κ1) is 25.4. The Hall–Kier alpha value is -2.74. The van der Waals surface area contributed by atoms with E-state index >= 15 is 0 Å². The lowest BCUT2D eigenvalue weighted by Crippen LogP contribution is -2.63. The number of piperazine rings is 1. The molecule has 2 heterocycles. The molecule has 2 aliphatic rings. The first-order chi connectivity index (χ1) is 17.0. The van der Waals surface area contributed by atoms with Crippen LogP contribution in [0.1, 0.15) is 42.1 Å². The number of rotatable bonds is 8. The summed E-state index contributed by atoms with van der Waals surface area (Å²) in [4.78, 5) is 31.9. The molecule has 2 fully saturated rings. The van der Waals surface area contributed by atoms with Crippen molar-refractivity contribution in [3.8, 4) is 0 Å². The van der Waals surface area contributed by atoms with E-state index in [1.807, 2.05) is 66.4 Å². The molecule has 35 heavy (non-hydrogen) atoms. The summed E-state index contributed by atoms with van der Waals surface area (Å²) in [6.07, 6.45) is 2.37. The van der Waals surface area contributed by atoms with Gasteiger partial charge in [0.1, 0.15) is 0 Å². The van der Waals surface area contributed by atoms with Gasteiger partial charge < -0.3 is 15.0 Å². The van der Waals surface area contributed by atoms with Crippen molar-refractivity contribution in [2.75, 3.05) is 57.9 Å². The summed E-state index contributed by atoms with van der Waals surface area (Å²) in [6.45, 7) is 8.89. The molecule has 0 bridgehead atoms. The predicted molar refractivity (Wildman–Crippen MR) is 139 cm³/mol. The maximum Gasteiger partial charge on any atom is 0.251 e. The molecule has 188 valence electrons. The van der Waals surface area contributed by atoms with Gasteiger partial charge in [0.2, 0.25) is 5.91 Å². The van der Waals surface area contributed by atoms with Gasteiger partial charge in [0.15, 0.2) is 0 Å². The van der Waals surface area contributed by atoms with Crippen LogP contribution < -0.4 is 10.2 Å². The maximum atomic E-state index is 13.0. The molecule has 0 aliphatic carbocycles. The number of amides is 2. The van der Waals surface area contributed by atoms with Crippen molar-refractivity contribution in [1.82, 2.24) is 15.1 Å². The number of benzene rings is 2. The van der Waals surface area contributed by atoms with Crippen LogP contribution in [0.25, 0.3) is 0 Å². The Balaban J connectivity index is 1.43. The summed E-state index contributed by atoms with van der Waals surface area (Å²) in [6, 6.07) is 17.9. The Morgan fingerprint density at radius 3 is 2.23 bits per heavy atom. The highest BCUT2D eigenvalue weighted by Gasteiger charge is 2.42. The van der Waals surface area contributed by atoms with E-state index in [0.29, 0.717) is 18.5 Å². The second-order valence-corrected chi connectivity index (χ2v) is 9.54. The highest BCUT2D eigenvalue weighted by atomic mass is 16.5. The van der Waals surface area contributed by atoms with E-state index in [-0.39, 0.29) is 17.4 Å². The van der Waals surface area contributed by atoms with Gasteiger partial charge in [-0.1, -0.05) is 37.3 Å². The van der Waals surface area contributed by atoms with Crippen molar-refractivity contribution in [1.29, 1.82) is 0 Å². The minimum Gasteiger partial charge on any atom is -0.381 e. The molecule has 0 unspecified atom stereocenters. The first-order valence-electron chi connectivity index (χ1n) is 12.8. The average Bonchev–Trinajstić information content (AvgIpc) is 2.92. The second-order valence-electron chi connectivity index (χ2n) is 9.54. The number of nitrogens with zero attached hydrogens (tertiary/aromatic N) is 3. The molecule has 4 rings (SSSR count). The Morgan fingerprint density at radius 1 is 0.971 bits per heavy atom. The van der Waals surface area contributed by atoms with E-state index < -0.39 is 0 Å². The van der Waals surface area contributed by atoms with Crippen LogP contribution in [0.4, 0.5) is 5.69 Å². The molecular formula is C28H38N4O3. The zero-order valence-electron chi connectivity index (χ0n) is 21.0. The third-order valence-electron chi connectivity index (χ3n) is 7.44. The van der Waals surface area contributed by atoms with Crippen LogP contribution in [0.2, 0.25) is 0 Å². The van der Waals surface area contributed by atoms with Crippen LogP contribution in [0.15, 0.2) is 54.6 Å². The molecule has 0 radical (unpaired) electrons. The van der Waals surface area contributed by atoms with Gasteiger partial charge in [0, 0.05) is 82.7 Å². The van der Waals surface area contributed by atoms with Gasteiger partial charge in [-0.2, -0.15) is 0 Å². The fourth-order valence-corrected chi connectivity index (χ4v) is 5.29. The topological polar surface area (TPSA) is 65.1 Å². The van der Waals surface area contributed by atoms with Gasteiger partial charge in [0.25, 0.3) is 5.91 Å². The quantitative estimate of drug-likeness (QED) is 0.632. The summed E-state index contributed by atoms with van der Waals surface area (Å²) >= 11 is 0. The van der Waals surface area contributed by atoms with Gasteiger partial charge >= 0.3 is 0 Å². The number of para-hydroxylation sites is 1. The molecule has 2 aliphatic heterocycles. The normalized spacial score (nSPS) is 18.7. The first-order valence-corrected chi connectivity index (χ1v) is 12.8. The standard InChI is InChI=1S/C28H38N4O3/c1-3-26(33)32(25-7-5-4-6-8-25)22-28(13-19-35-20-14-28)31-17-15-30(16-18-31)21-23-9-11-24(12-10-23)27(34)29-2/h4-12H,3,13-22H2,1-2H3,(H,29,34). The third kappa shape index (κ3) is 6.10. The fraction of sp³-hybridized carbons (Fsp3) is 0.500. The van der Waals surface area contributed by atoms with Crippen LogP contribution in [-0.4, -0.2) is 80.1 Å². The van der Waals surface area contributed by atoms with Crippen molar-refractivity contribution in [2.24, 2.45) is 0 Å². The molecule has 0 aromatic heterocycles. The van der Waals surface area contributed by atoms with Crippen molar-refractivity contribution in [3.63, 3.8) is 0 Å². The minimum atomic E-state index is -0.0693. The minimum absolute atomic E-state index is 0.0574. The van der Waals surface area contributed by atoms with E-state index in [4.69, 9.17) is 4.74 Å². The molecular weight excluding hydrogens is 440 g/mol. The Labute approximate surface area is 209 Å². The third-order valence-corrected chi connectivity index (χ3v) is 7.44. The Bertz CT molecular complexity index is 965. The molecule has 7 heteroatoms. The average molecular weight is 479 g/mol. The summed E-state index contributed by atoms with van der Waals surface area (Å²) in [5.41, 5.74) is 2.81. The molecule has 2 saturated heterocycles. The Kier molecular flexibility index (Phi) is 8.55. The molecule has 7 nitrogen and oxygen atoms in total. The molecule has 0 atom stereocenters. The van der Waals surface area contributed by atoms with Gasteiger partial charge in [-0.25, -0.2) is 0 Å². The van der Waals surface area contributed by atoms with Crippen LogP contribution in [0.3, 0.4) is 0 Å². The largest absolute Gasteiger partial charge is 0.381 e. The number of carbonyl (C=O) groups is 2. The molecule has 2 amide bonds. The monoisotopic (exact) mass is 478 g/mol. The van der Waals surface area contributed by atoms with Gasteiger partial charge in [-0.05, 0) is 42.7 Å². The second kappa shape index (κ2) is 11.8. The number of ether oxygens (including phenoxy) is 1. The number of anilines is 1. The van der Waals surface area contributed by atoms with Crippen molar-refractivity contribution in [3.05, 3.63) is 65.7 Å². The van der Waals surface area contributed by atoms with Crippen molar-refractivity contribution in [2.45, 2.75) is 38.3 Å². The van der Waals surface area contributed by atoms with Crippen LogP contribution in [-0.2, 0) is 16.1 Å². The van der Waals surface area contributed by atoms with Gasteiger partial charge in [-0.15, -0.1) is 0 Å².